The molecule has 10 heteroatoms. The molecule has 142 valence electrons. The summed E-state index contributed by atoms with van der Waals surface area (Å²) in [5.41, 5.74) is -0.907. The van der Waals surface area contributed by atoms with Gasteiger partial charge in [0.2, 0.25) is 11.8 Å². The second-order valence-corrected chi connectivity index (χ2v) is 6.20. The number of nitrogens with zero attached hydrogens (tertiary/aromatic N) is 4. The van der Waals surface area contributed by atoms with Crippen LogP contribution in [-0.2, 0) is 15.8 Å². The number of piperazine rings is 1. The molecule has 0 unspecified atom stereocenters. The Kier molecular flexibility index (Phi) is 6.12. The SMILES string of the molecule is C=CC(=O)N(C)CC(=O)N1CCN(c2ncc(C(F)(F)F)cc2Cl)CC1. The minimum atomic E-state index is -4.50. The van der Waals surface area contributed by atoms with Crippen molar-refractivity contribution < 1.29 is 22.8 Å². The van der Waals surface area contributed by atoms with Gasteiger partial charge in [0.15, 0.2) is 0 Å². The Bertz CT molecular complexity index is 703. The van der Waals surface area contributed by atoms with Gasteiger partial charge in [-0.1, -0.05) is 18.2 Å². The van der Waals surface area contributed by atoms with E-state index in [0.29, 0.717) is 26.2 Å². The Morgan fingerprint density at radius 1 is 1.35 bits per heavy atom. The number of carbonyl (C=O) groups is 2. The van der Waals surface area contributed by atoms with Gasteiger partial charge < -0.3 is 14.7 Å². The fourth-order valence-electron chi connectivity index (χ4n) is 2.52. The first-order valence-corrected chi connectivity index (χ1v) is 8.14. The highest BCUT2D eigenvalue weighted by Crippen LogP contribution is 2.33. The summed E-state index contributed by atoms with van der Waals surface area (Å²) in [6.45, 7) is 4.76. The first-order valence-electron chi connectivity index (χ1n) is 7.76. The fourth-order valence-corrected chi connectivity index (χ4v) is 2.81. The van der Waals surface area contributed by atoms with E-state index < -0.39 is 11.7 Å². The number of carbonyl (C=O) groups excluding carboxylic acids is 2. The molecular formula is C16H18ClF3N4O2. The van der Waals surface area contributed by atoms with Crippen LogP contribution in [0.15, 0.2) is 24.9 Å². The predicted octanol–water partition coefficient (Wildman–Crippen LogP) is 2.05. The molecule has 2 heterocycles. The predicted molar refractivity (Wildman–Crippen MR) is 90.9 cm³/mol. The molecule has 0 atom stereocenters. The molecule has 0 aliphatic carbocycles. The van der Waals surface area contributed by atoms with Gasteiger partial charge >= 0.3 is 6.18 Å². The van der Waals surface area contributed by atoms with Gasteiger partial charge in [0.25, 0.3) is 0 Å². The van der Waals surface area contributed by atoms with Crippen LogP contribution in [-0.4, -0.2) is 66.4 Å². The van der Waals surface area contributed by atoms with Crippen molar-refractivity contribution in [3.05, 3.63) is 35.5 Å². The molecule has 1 fully saturated rings. The topological polar surface area (TPSA) is 56.8 Å². The maximum atomic E-state index is 12.7. The van der Waals surface area contributed by atoms with Crippen LogP contribution in [0.5, 0.6) is 0 Å². The van der Waals surface area contributed by atoms with Crippen LogP contribution < -0.4 is 4.90 Å². The highest BCUT2D eigenvalue weighted by molar-refractivity contribution is 6.33. The average Bonchev–Trinajstić information content (AvgIpc) is 2.60. The van der Waals surface area contributed by atoms with E-state index in [9.17, 15) is 22.8 Å². The quantitative estimate of drug-likeness (QED) is 0.738. The number of rotatable bonds is 4. The van der Waals surface area contributed by atoms with Gasteiger partial charge in [-0.05, 0) is 12.1 Å². The number of halogens is 4. The van der Waals surface area contributed by atoms with E-state index in [4.69, 9.17) is 11.6 Å². The van der Waals surface area contributed by atoms with Gasteiger partial charge in [-0.2, -0.15) is 13.2 Å². The normalized spacial score (nSPS) is 15.0. The zero-order chi connectivity index (χ0) is 19.5. The van der Waals surface area contributed by atoms with E-state index in [2.05, 4.69) is 11.6 Å². The fraction of sp³-hybridized carbons (Fsp3) is 0.438. The standard InChI is InChI=1S/C16H18ClF3N4O2/c1-3-13(25)22(2)10-14(26)23-4-6-24(7-5-23)15-12(17)8-11(9-21-15)16(18,19)20/h3,8-9H,1,4-7,10H2,2H3. The minimum absolute atomic E-state index is 0.0653. The molecule has 0 N–H and O–H groups in total. The van der Waals surface area contributed by atoms with Gasteiger partial charge in [-0.3, -0.25) is 9.59 Å². The van der Waals surface area contributed by atoms with Crippen molar-refractivity contribution in [1.29, 1.82) is 0 Å². The van der Waals surface area contributed by atoms with Crippen LogP contribution >= 0.6 is 11.6 Å². The number of likely N-dealkylation sites (N-methyl/N-ethyl adjacent to an activating group) is 1. The highest BCUT2D eigenvalue weighted by Gasteiger charge is 2.32. The summed E-state index contributed by atoms with van der Waals surface area (Å²) in [7, 11) is 1.50. The summed E-state index contributed by atoms with van der Waals surface area (Å²) in [5.74, 6) is -0.308. The minimum Gasteiger partial charge on any atom is -0.352 e. The number of aromatic nitrogens is 1. The van der Waals surface area contributed by atoms with Crippen molar-refractivity contribution in [3.8, 4) is 0 Å². The second kappa shape index (κ2) is 7.94. The monoisotopic (exact) mass is 390 g/mol. The lowest BCUT2D eigenvalue weighted by Gasteiger charge is -2.36. The number of hydrogen-bond donors (Lipinski definition) is 0. The summed E-state index contributed by atoms with van der Waals surface area (Å²) in [6.07, 6.45) is -2.63. The lowest BCUT2D eigenvalue weighted by Crippen LogP contribution is -2.51. The van der Waals surface area contributed by atoms with E-state index in [-0.39, 0.29) is 29.2 Å². The molecule has 0 saturated carbocycles. The van der Waals surface area contributed by atoms with Crippen molar-refractivity contribution in [3.63, 3.8) is 0 Å². The lowest BCUT2D eigenvalue weighted by molar-refractivity contribution is -0.138. The Balaban J connectivity index is 1.97. The van der Waals surface area contributed by atoms with Gasteiger partial charge in [-0.25, -0.2) is 4.98 Å². The third-order valence-electron chi connectivity index (χ3n) is 4.00. The van der Waals surface area contributed by atoms with Crippen molar-refractivity contribution in [2.75, 3.05) is 44.7 Å². The first-order chi connectivity index (χ1) is 12.1. The molecule has 1 aromatic rings. The van der Waals surface area contributed by atoms with Crippen LogP contribution in [0.1, 0.15) is 5.56 Å². The second-order valence-electron chi connectivity index (χ2n) is 5.79. The van der Waals surface area contributed by atoms with Crippen molar-refractivity contribution in [1.82, 2.24) is 14.8 Å². The molecule has 1 aliphatic heterocycles. The van der Waals surface area contributed by atoms with Crippen LogP contribution in [0, 0.1) is 0 Å². The van der Waals surface area contributed by atoms with E-state index in [0.717, 1.165) is 18.3 Å². The lowest BCUT2D eigenvalue weighted by atomic mass is 10.2. The van der Waals surface area contributed by atoms with Crippen molar-refractivity contribution in [2.24, 2.45) is 0 Å². The average molecular weight is 391 g/mol. The molecule has 0 bridgehead atoms. The molecule has 0 spiro atoms. The molecule has 26 heavy (non-hydrogen) atoms. The van der Waals surface area contributed by atoms with Gasteiger partial charge in [0.1, 0.15) is 5.82 Å². The van der Waals surface area contributed by atoms with E-state index >= 15 is 0 Å². The number of hydrogen-bond acceptors (Lipinski definition) is 4. The van der Waals surface area contributed by atoms with Crippen LogP contribution in [0.25, 0.3) is 0 Å². The molecule has 6 nitrogen and oxygen atoms in total. The number of anilines is 1. The summed E-state index contributed by atoms with van der Waals surface area (Å²) in [6, 6.07) is 0.845. The summed E-state index contributed by atoms with van der Waals surface area (Å²) in [4.78, 5) is 32.0. The smallest absolute Gasteiger partial charge is 0.352 e. The molecule has 1 saturated heterocycles. The third kappa shape index (κ3) is 4.66. The van der Waals surface area contributed by atoms with Crippen LogP contribution in [0.3, 0.4) is 0 Å². The Morgan fingerprint density at radius 3 is 2.46 bits per heavy atom. The van der Waals surface area contributed by atoms with E-state index in [1.165, 1.54) is 11.9 Å². The molecule has 2 rings (SSSR count). The first kappa shape index (κ1) is 20.0. The van der Waals surface area contributed by atoms with Gasteiger partial charge in [-0.15, -0.1) is 0 Å². The molecule has 1 aliphatic rings. The number of alkyl halides is 3. The molecular weight excluding hydrogens is 373 g/mol. The Labute approximate surface area is 153 Å². The summed E-state index contributed by atoms with van der Waals surface area (Å²) in [5, 5.41) is -0.0871. The van der Waals surface area contributed by atoms with Gasteiger partial charge in [0, 0.05) is 39.4 Å². The summed E-state index contributed by atoms with van der Waals surface area (Å²) < 4.78 is 38.0. The Hall–Kier alpha value is -2.29. The largest absolute Gasteiger partial charge is 0.417 e. The van der Waals surface area contributed by atoms with Crippen LogP contribution in [0.2, 0.25) is 5.02 Å². The van der Waals surface area contributed by atoms with E-state index in [1.807, 2.05) is 0 Å². The maximum Gasteiger partial charge on any atom is 0.417 e. The molecule has 2 amide bonds. The zero-order valence-electron chi connectivity index (χ0n) is 14.1. The summed E-state index contributed by atoms with van der Waals surface area (Å²) >= 11 is 5.95. The number of amides is 2. The molecule has 0 aromatic carbocycles. The van der Waals surface area contributed by atoms with E-state index in [1.54, 1.807) is 9.80 Å². The van der Waals surface area contributed by atoms with Gasteiger partial charge in [0.05, 0.1) is 17.1 Å². The molecule has 1 aromatic heterocycles. The molecule has 0 radical (unpaired) electrons. The zero-order valence-corrected chi connectivity index (χ0v) is 14.8. The third-order valence-corrected chi connectivity index (χ3v) is 4.28. The number of pyridine rings is 1. The maximum absolute atomic E-state index is 12.7. The van der Waals surface area contributed by atoms with Crippen molar-refractivity contribution in [2.45, 2.75) is 6.18 Å². The van der Waals surface area contributed by atoms with Crippen molar-refractivity contribution >= 4 is 29.2 Å². The Morgan fingerprint density at radius 2 is 1.96 bits per heavy atom. The van der Waals surface area contributed by atoms with Crippen LogP contribution in [0.4, 0.5) is 19.0 Å². The highest BCUT2D eigenvalue weighted by atomic mass is 35.5.